The maximum Gasteiger partial charge on any atom is 0.315 e. The number of carboxylic acid groups (broad SMARTS) is 1. The molecule has 2 rings (SSSR count). The van der Waals surface area contributed by atoms with Gasteiger partial charge in [-0.2, -0.15) is 0 Å². The largest absolute Gasteiger partial charge is 0.481 e. The summed E-state index contributed by atoms with van der Waals surface area (Å²) in [5.41, 5.74) is 0.810. The highest BCUT2D eigenvalue weighted by molar-refractivity contribution is 5.99. The van der Waals surface area contributed by atoms with Crippen molar-refractivity contribution in [1.29, 1.82) is 0 Å². The lowest BCUT2D eigenvalue weighted by atomic mass is 10.0. The number of hydrogen-bond acceptors (Lipinski definition) is 3. The molecule has 1 atom stereocenters. The Bertz CT molecular complexity index is 547. The van der Waals surface area contributed by atoms with E-state index in [0.717, 1.165) is 12.1 Å². The standard InChI is InChI=1S/C15H19N3O4/c19-13(20)8-9-16-15(22)17-12-7-4-10-18(14(12)21)11-5-2-1-3-6-11/h1-3,5-6,12H,4,7-10H2,(H,19,20)(H2,16,17,22). The Hall–Kier alpha value is -2.57. The predicted molar refractivity (Wildman–Crippen MR) is 80.6 cm³/mol. The molecule has 0 saturated carbocycles. The fraction of sp³-hybridized carbons (Fsp3) is 0.400. The average molecular weight is 305 g/mol. The molecule has 0 radical (unpaired) electrons. The zero-order valence-corrected chi connectivity index (χ0v) is 12.1. The molecule has 1 aromatic rings. The van der Waals surface area contributed by atoms with Gasteiger partial charge in [-0.05, 0) is 25.0 Å². The Morgan fingerprint density at radius 2 is 2.00 bits per heavy atom. The molecule has 1 saturated heterocycles. The summed E-state index contributed by atoms with van der Waals surface area (Å²) in [7, 11) is 0. The van der Waals surface area contributed by atoms with Gasteiger partial charge >= 0.3 is 12.0 Å². The number of nitrogens with zero attached hydrogens (tertiary/aromatic N) is 1. The Kier molecular flexibility index (Phi) is 5.35. The highest BCUT2D eigenvalue weighted by atomic mass is 16.4. The molecule has 1 unspecified atom stereocenters. The van der Waals surface area contributed by atoms with E-state index in [1.165, 1.54) is 0 Å². The number of urea groups is 1. The van der Waals surface area contributed by atoms with Crippen LogP contribution >= 0.6 is 0 Å². The molecule has 0 bridgehead atoms. The first-order chi connectivity index (χ1) is 10.6. The number of piperidine rings is 1. The topological polar surface area (TPSA) is 98.7 Å². The Morgan fingerprint density at radius 3 is 2.68 bits per heavy atom. The Balaban J connectivity index is 1.90. The van der Waals surface area contributed by atoms with Gasteiger partial charge in [0.25, 0.3) is 0 Å². The summed E-state index contributed by atoms with van der Waals surface area (Å²) in [5.74, 6) is -1.13. The molecule has 1 aliphatic rings. The van der Waals surface area contributed by atoms with Crippen LogP contribution in [0.1, 0.15) is 19.3 Å². The number of carbonyl (C=O) groups excluding carboxylic acids is 2. The van der Waals surface area contributed by atoms with Crippen LogP contribution in [0.15, 0.2) is 30.3 Å². The lowest BCUT2D eigenvalue weighted by molar-refractivity contribution is -0.136. The van der Waals surface area contributed by atoms with Gasteiger partial charge in [0.2, 0.25) is 5.91 Å². The molecular formula is C15H19N3O4. The first kappa shape index (κ1) is 15.8. The number of anilines is 1. The summed E-state index contributed by atoms with van der Waals surface area (Å²) >= 11 is 0. The van der Waals surface area contributed by atoms with Crippen LogP contribution in [0.4, 0.5) is 10.5 Å². The lowest BCUT2D eigenvalue weighted by Gasteiger charge is -2.32. The predicted octanol–water partition coefficient (Wildman–Crippen LogP) is 0.956. The van der Waals surface area contributed by atoms with E-state index < -0.39 is 18.0 Å². The highest BCUT2D eigenvalue weighted by Gasteiger charge is 2.30. The summed E-state index contributed by atoms with van der Waals surface area (Å²) in [6.07, 6.45) is 1.22. The van der Waals surface area contributed by atoms with Crippen molar-refractivity contribution in [1.82, 2.24) is 10.6 Å². The van der Waals surface area contributed by atoms with Gasteiger partial charge in [-0.15, -0.1) is 0 Å². The molecule has 118 valence electrons. The van der Waals surface area contributed by atoms with Crippen molar-refractivity contribution in [3.63, 3.8) is 0 Å². The fourth-order valence-electron chi connectivity index (χ4n) is 2.37. The van der Waals surface area contributed by atoms with Crippen molar-refractivity contribution >= 4 is 23.6 Å². The van der Waals surface area contributed by atoms with E-state index >= 15 is 0 Å². The number of carbonyl (C=O) groups is 3. The van der Waals surface area contributed by atoms with Crippen molar-refractivity contribution in [2.24, 2.45) is 0 Å². The second-order valence-electron chi connectivity index (χ2n) is 5.06. The molecule has 0 spiro atoms. The molecule has 0 aromatic heterocycles. The van der Waals surface area contributed by atoms with Gasteiger partial charge in [0.05, 0.1) is 6.42 Å². The van der Waals surface area contributed by atoms with Gasteiger partial charge < -0.3 is 20.6 Å². The smallest absolute Gasteiger partial charge is 0.315 e. The van der Waals surface area contributed by atoms with Crippen molar-refractivity contribution in [3.8, 4) is 0 Å². The van der Waals surface area contributed by atoms with Crippen LogP contribution in [0.5, 0.6) is 0 Å². The molecule has 1 aliphatic heterocycles. The number of aliphatic carboxylic acids is 1. The second-order valence-corrected chi connectivity index (χ2v) is 5.06. The molecule has 1 fully saturated rings. The van der Waals surface area contributed by atoms with Gasteiger partial charge in [0, 0.05) is 18.8 Å². The molecule has 3 N–H and O–H groups in total. The van der Waals surface area contributed by atoms with Crippen LogP contribution < -0.4 is 15.5 Å². The summed E-state index contributed by atoms with van der Waals surface area (Å²) in [6, 6.07) is 8.20. The van der Waals surface area contributed by atoms with Crippen LogP contribution in [0, 0.1) is 0 Å². The summed E-state index contributed by atoms with van der Waals surface area (Å²) in [6.45, 7) is 0.659. The van der Waals surface area contributed by atoms with E-state index in [0.29, 0.717) is 13.0 Å². The van der Waals surface area contributed by atoms with E-state index in [1.54, 1.807) is 4.90 Å². The van der Waals surface area contributed by atoms with Gasteiger partial charge in [-0.3, -0.25) is 9.59 Å². The van der Waals surface area contributed by atoms with Gasteiger partial charge in [-0.1, -0.05) is 18.2 Å². The molecule has 7 nitrogen and oxygen atoms in total. The van der Waals surface area contributed by atoms with Crippen molar-refractivity contribution in [2.75, 3.05) is 18.0 Å². The van der Waals surface area contributed by atoms with Crippen LogP contribution in [0.2, 0.25) is 0 Å². The molecule has 1 heterocycles. The van der Waals surface area contributed by atoms with Crippen molar-refractivity contribution < 1.29 is 19.5 Å². The SMILES string of the molecule is O=C(O)CCNC(=O)NC1CCCN(c2ccccc2)C1=O. The third-order valence-electron chi connectivity index (χ3n) is 3.44. The molecule has 7 heteroatoms. The molecule has 3 amide bonds. The number of rotatable bonds is 5. The number of hydrogen-bond donors (Lipinski definition) is 3. The van der Waals surface area contributed by atoms with E-state index in [1.807, 2.05) is 30.3 Å². The quantitative estimate of drug-likeness (QED) is 0.754. The molecule has 22 heavy (non-hydrogen) atoms. The first-order valence-electron chi connectivity index (χ1n) is 7.20. The van der Waals surface area contributed by atoms with Crippen LogP contribution in [-0.4, -0.2) is 42.1 Å². The number of para-hydroxylation sites is 1. The second kappa shape index (κ2) is 7.44. The third kappa shape index (κ3) is 4.21. The number of benzene rings is 1. The molecule has 1 aromatic carbocycles. The summed E-state index contributed by atoms with van der Waals surface area (Å²) in [5, 5.41) is 13.6. The van der Waals surface area contributed by atoms with E-state index in [4.69, 9.17) is 5.11 Å². The number of nitrogens with one attached hydrogen (secondary N) is 2. The minimum absolute atomic E-state index is 0.0322. The minimum atomic E-state index is -0.982. The Morgan fingerprint density at radius 1 is 1.27 bits per heavy atom. The van der Waals surface area contributed by atoms with Gasteiger partial charge in [0.1, 0.15) is 6.04 Å². The highest BCUT2D eigenvalue weighted by Crippen LogP contribution is 2.20. The van der Waals surface area contributed by atoms with E-state index in [-0.39, 0.29) is 18.9 Å². The van der Waals surface area contributed by atoms with Crippen LogP contribution in [-0.2, 0) is 9.59 Å². The number of amides is 3. The van der Waals surface area contributed by atoms with E-state index in [2.05, 4.69) is 10.6 Å². The zero-order valence-electron chi connectivity index (χ0n) is 12.1. The summed E-state index contributed by atoms with van der Waals surface area (Å²) < 4.78 is 0. The third-order valence-corrected chi connectivity index (χ3v) is 3.44. The maximum atomic E-state index is 12.4. The van der Waals surface area contributed by atoms with Gasteiger partial charge in [-0.25, -0.2) is 4.79 Å². The average Bonchev–Trinajstić information content (AvgIpc) is 2.50. The molecular weight excluding hydrogens is 286 g/mol. The minimum Gasteiger partial charge on any atom is -0.481 e. The van der Waals surface area contributed by atoms with Gasteiger partial charge in [0.15, 0.2) is 0 Å². The van der Waals surface area contributed by atoms with Crippen LogP contribution in [0.25, 0.3) is 0 Å². The monoisotopic (exact) mass is 305 g/mol. The lowest BCUT2D eigenvalue weighted by Crippen LogP contribution is -2.54. The maximum absolute atomic E-state index is 12.4. The van der Waals surface area contributed by atoms with Crippen LogP contribution in [0.3, 0.4) is 0 Å². The first-order valence-corrected chi connectivity index (χ1v) is 7.20. The number of carboxylic acids is 1. The fourth-order valence-corrected chi connectivity index (χ4v) is 2.37. The zero-order chi connectivity index (χ0) is 15.9. The Labute approximate surface area is 128 Å². The normalized spacial score (nSPS) is 17.9. The van der Waals surface area contributed by atoms with E-state index in [9.17, 15) is 14.4 Å². The van der Waals surface area contributed by atoms with Crippen molar-refractivity contribution in [3.05, 3.63) is 30.3 Å². The van der Waals surface area contributed by atoms with Crippen molar-refractivity contribution in [2.45, 2.75) is 25.3 Å². The molecule has 0 aliphatic carbocycles. The summed E-state index contributed by atoms with van der Waals surface area (Å²) in [4.78, 5) is 36.2.